The minimum Gasteiger partial charge on any atom is -0.497 e. The van der Waals surface area contributed by atoms with Crippen molar-refractivity contribution in [2.24, 2.45) is 5.73 Å². The van der Waals surface area contributed by atoms with Gasteiger partial charge in [0.05, 0.1) is 12.6 Å². The minimum absolute atomic E-state index is 0.272. The third-order valence-corrected chi connectivity index (χ3v) is 4.23. The number of benzene rings is 1. The molecule has 0 saturated carbocycles. The summed E-state index contributed by atoms with van der Waals surface area (Å²) in [4.78, 5) is 2.51. The topological polar surface area (TPSA) is 38.5 Å². The highest BCUT2D eigenvalue weighted by Crippen LogP contribution is 2.27. The van der Waals surface area contributed by atoms with Crippen LogP contribution in [0.5, 0.6) is 5.75 Å². The van der Waals surface area contributed by atoms with Gasteiger partial charge in [0.25, 0.3) is 0 Å². The average Bonchev–Trinajstić information content (AvgIpc) is 2.48. The summed E-state index contributed by atoms with van der Waals surface area (Å²) < 4.78 is 5.32. The van der Waals surface area contributed by atoms with E-state index in [0.717, 1.165) is 18.7 Å². The standard InChI is InChI=1S/C16H26N2O/c1-3-16(17,13-18-10-5-4-6-11-18)14-8-7-9-15(12-14)19-2/h7-9,12H,3-6,10-11,13,17H2,1-2H3. The van der Waals surface area contributed by atoms with Crippen LogP contribution in [0.25, 0.3) is 0 Å². The predicted molar refractivity (Wildman–Crippen MR) is 79.4 cm³/mol. The van der Waals surface area contributed by atoms with E-state index in [0.29, 0.717) is 0 Å². The van der Waals surface area contributed by atoms with E-state index in [-0.39, 0.29) is 5.54 Å². The third-order valence-electron chi connectivity index (χ3n) is 4.23. The maximum Gasteiger partial charge on any atom is 0.119 e. The Morgan fingerprint density at radius 2 is 2.00 bits per heavy atom. The van der Waals surface area contributed by atoms with Crippen LogP contribution >= 0.6 is 0 Å². The Kier molecular flexibility index (Phi) is 4.83. The zero-order chi connectivity index (χ0) is 13.7. The smallest absolute Gasteiger partial charge is 0.119 e. The molecule has 1 aromatic carbocycles. The number of piperidine rings is 1. The molecule has 2 rings (SSSR count). The first-order chi connectivity index (χ1) is 9.18. The lowest BCUT2D eigenvalue weighted by atomic mass is 9.87. The Hall–Kier alpha value is -1.06. The van der Waals surface area contributed by atoms with Gasteiger partial charge < -0.3 is 15.4 Å². The minimum atomic E-state index is -0.272. The Morgan fingerprint density at radius 1 is 1.26 bits per heavy atom. The van der Waals surface area contributed by atoms with Crippen molar-refractivity contribution < 1.29 is 4.74 Å². The first-order valence-electron chi connectivity index (χ1n) is 7.34. The number of nitrogens with zero attached hydrogens (tertiary/aromatic N) is 1. The number of nitrogens with two attached hydrogens (primary N) is 1. The van der Waals surface area contributed by atoms with Gasteiger partial charge in [0.1, 0.15) is 5.75 Å². The lowest BCUT2D eigenvalue weighted by Crippen LogP contribution is -2.48. The van der Waals surface area contributed by atoms with Crippen molar-refractivity contribution in [1.29, 1.82) is 0 Å². The fourth-order valence-electron chi connectivity index (χ4n) is 2.86. The molecule has 1 heterocycles. The molecule has 0 radical (unpaired) electrons. The summed E-state index contributed by atoms with van der Waals surface area (Å²) in [5, 5.41) is 0. The van der Waals surface area contributed by atoms with Crippen LogP contribution in [-0.2, 0) is 5.54 Å². The van der Waals surface area contributed by atoms with Crippen molar-refractivity contribution in [1.82, 2.24) is 4.90 Å². The summed E-state index contributed by atoms with van der Waals surface area (Å²) in [7, 11) is 1.70. The fraction of sp³-hybridized carbons (Fsp3) is 0.625. The molecule has 106 valence electrons. The molecule has 1 fully saturated rings. The van der Waals surface area contributed by atoms with Crippen LogP contribution in [0, 0.1) is 0 Å². The first kappa shape index (κ1) is 14.4. The maximum absolute atomic E-state index is 6.68. The summed E-state index contributed by atoms with van der Waals surface area (Å²) >= 11 is 0. The highest BCUT2D eigenvalue weighted by Gasteiger charge is 2.28. The molecule has 1 atom stereocenters. The molecule has 1 aromatic rings. The molecule has 3 nitrogen and oxygen atoms in total. The Morgan fingerprint density at radius 3 is 2.63 bits per heavy atom. The molecular weight excluding hydrogens is 236 g/mol. The second-order valence-corrected chi connectivity index (χ2v) is 5.58. The van der Waals surface area contributed by atoms with Crippen molar-refractivity contribution in [3.63, 3.8) is 0 Å². The number of likely N-dealkylation sites (tertiary alicyclic amines) is 1. The SMILES string of the molecule is CCC(N)(CN1CCCCC1)c1cccc(OC)c1. The van der Waals surface area contributed by atoms with Crippen LogP contribution in [0.4, 0.5) is 0 Å². The normalized spacial score (nSPS) is 19.9. The molecule has 0 aromatic heterocycles. The van der Waals surface area contributed by atoms with E-state index in [2.05, 4.69) is 24.0 Å². The van der Waals surface area contributed by atoms with E-state index in [9.17, 15) is 0 Å². The summed E-state index contributed by atoms with van der Waals surface area (Å²) in [6.07, 6.45) is 4.91. The molecule has 0 bridgehead atoms. The van der Waals surface area contributed by atoms with Crippen molar-refractivity contribution >= 4 is 0 Å². The lowest BCUT2D eigenvalue weighted by molar-refractivity contribution is 0.174. The molecule has 2 N–H and O–H groups in total. The van der Waals surface area contributed by atoms with Gasteiger partial charge in [0.15, 0.2) is 0 Å². The highest BCUT2D eigenvalue weighted by molar-refractivity contribution is 5.33. The molecule has 0 amide bonds. The van der Waals surface area contributed by atoms with E-state index in [1.807, 2.05) is 12.1 Å². The van der Waals surface area contributed by atoms with E-state index in [4.69, 9.17) is 10.5 Å². The van der Waals surface area contributed by atoms with Gasteiger partial charge in [-0.2, -0.15) is 0 Å². The van der Waals surface area contributed by atoms with Crippen molar-refractivity contribution in [3.05, 3.63) is 29.8 Å². The molecule has 1 aliphatic heterocycles. The molecule has 3 heteroatoms. The van der Waals surface area contributed by atoms with Gasteiger partial charge >= 0.3 is 0 Å². The Bertz CT molecular complexity index is 401. The number of ether oxygens (including phenoxy) is 1. The zero-order valence-electron chi connectivity index (χ0n) is 12.2. The van der Waals surface area contributed by atoms with Crippen molar-refractivity contribution in [2.75, 3.05) is 26.7 Å². The largest absolute Gasteiger partial charge is 0.497 e. The van der Waals surface area contributed by atoms with Gasteiger partial charge in [-0.15, -0.1) is 0 Å². The van der Waals surface area contributed by atoms with Gasteiger partial charge in [0.2, 0.25) is 0 Å². The second-order valence-electron chi connectivity index (χ2n) is 5.58. The molecule has 0 spiro atoms. The quantitative estimate of drug-likeness (QED) is 0.886. The summed E-state index contributed by atoms with van der Waals surface area (Å²) in [6, 6.07) is 8.20. The van der Waals surface area contributed by atoms with Crippen LogP contribution in [-0.4, -0.2) is 31.6 Å². The van der Waals surface area contributed by atoms with E-state index < -0.39 is 0 Å². The molecule has 1 aliphatic rings. The van der Waals surface area contributed by atoms with Crippen LogP contribution in [0.2, 0.25) is 0 Å². The predicted octanol–water partition coefficient (Wildman–Crippen LogP) is 2.75. The number of rotatable bonds is 5. The Labute approximate surface area is 116 Å². The number of hydrogen-bond donors (Lipinski definition) is 1. The maximum atomic E-state index is 6.68. The van der Waals surface area contributed by atoms with Crippen LogP contribution in [0.15, 0.2) is 24.3 Å². The van der Waals surface area contributed by atoms with E-state index >= 15 is 0 Å². The van der Waals surface area contributed by atoms with Gasteiger partial charge in [-0.25, -0.2) is 0 Å². The summed E-state index contributed by atoms with van der Waals surface area (Å²) in [5.41, 5.74) is 7.58. The summed E-state index contributed by atoms with van der Waals surface area (Å²) in [6.45, 7) is 5.48. The average molecular weight is 262 g/mol. The van der Waals surface area contributed by atoms with Gasteiger partial charge in [-0.05, 0) is 50.0 Å². The fourth-order valence-corrected chi connectivity index (χ4v) is 2.86. The van der Waals surface area contributed by atoms with Crippen LogP contribution in [0.1, 0.15) is 38.2 Å². The Balaban J connectivity index is 2.15. The molecule has 19 heavy (non-hydrogen) atoms. The first-order valence-corrected chi connectivity index (χ1v) is 7.34. The van der Waals surface area contributed by atoms with Crippen LogP contribution < -0.4 is 10.5 Å². The molecular formula is C16H26N2O. The van der Waals surface area contributed by atoms with Crippen LogP contribution in [0.3, 0.4) is 0 Å². The summed E-state index contributed by atoms with van der Waals surface area (Å²) in [5.74, 6) is 0.888. The molecule has 1 saturated heterocycles. The number of hydrogen-bond acceptors (Lipinski definition) is 3. The number of methoxy groups -OCH3 is 1. The van der Waals surface area contributed by atoms with Crippen molar-refractivity contribution in [3.8, 4) is 5.75 Å². The van der Waals surface area contributed by atoms with Gasteiger partial charge in [0, 0.05) is 6.54 Å². The van der Waals surface area contributed by atoms with E-state index in [1.54, 1.807) is 7.11 Å². The van der Waals surface area contributed by atoms with Crippen molar-refractivity contribution in [2.45, 2.75) is 38.1 Å². The molecule has 1 unspecified atom stereocenters. The zero-order valence-corrected chi connectivity index (χ0v) is 12.2. The molecule has 0 aliphatic carbocycles. The van der Waals surface area contributed by atoms with Gasteiger partial charge in [-0.1, -0.05) is 25.5 Å². The van der Waals surface area contributed by atoms with Gasteiger partial charge in [-0.3, -0.25) is 0 Å². The monoisotopic (exact) mass is 262 g/mol. The highest BCUT2D eigenvalue weighted by atomic mass is 16.5. The lowest BCUT2D eigenvalue weighted by Gasteiger charge is -2.37. The van der Waals surface area contributed by atoms with E-state index in [1.165, 1.54) is 37.9 Å². The third kappa shape index (κ3) is 3.48. The second kappa shape index (κ2) is 6.40.